The van der Waals surface area contributed by atoms with Crippen molar-refractivity contribution >= 4 is 22.6 Å². The molecule has 0 atom stereocenters. The zero-order chi connectivity index (χ0) is 22.2. The number of hydrogen-bond acceptors (Lipinski definition) is 7. The molecular weight excluding hydrogens is 408 g/mol. The van der Waals surface area contributed by atoms with E-state index in [0.717, 1.165) is 11.3 Å². The third kappa shape index (κ3) is 3.41. The fraction of sp³-hybridized carbons (Fsp3) is 0.182. The first-order chi connectivity index (χ1) is 15.5. The highest BCUT2D eigenvalue weighted by atomic mass is 16.3. The van der Waals surface area contributed by atoms with Gasteiger partial charge in [0, 0.05) is 11.7 Å². The van der Waals surface area contributed by atoms with Gasteiger partial charge in [-0.05, 0) is 73.2 Å². The van der Waals surface area contributed by atoms with Crippen molar-refractivity contribution in [2.24, 2.45) is 0 Å². The Morgan fingerprint density at radius 1 is 1.19 bits per heavy atom. The van der Waals surface area contributed by atoms with E-state index in [1.165, 1.54) is 6.33 Å². The summed E-state index contributed by atoms with van der Waals surface area (Å²) < 4.78 is 8.89. The van der Waals surface area contributed by atoms with Gasteiger partial charge in [0.25, 0.3) is 5.91 Å². The van der Waals surface area contributed by atoms with E-state index in [-0.39, 0.29) is 11.9 Å². The van der Waals surface area contributed by atoms with Crippen LogP contribution in [0, 0.1) is 6.92 Å². The van der Waals surface area contributed by atoms with Gasteiger partial charge in [0.15, 0.2) is 11.4 Å². The topological polar surface area (TPSA) is 117 Å². The number of nitrogens with one attached hydrogen (secondary N) is 1. The highest BCUT2D eigenvalue weighted by molar-refractivity contribution is 6.12. The number of aryl methyl sites for hydroxylation is 1. The molecule has 160 valence electrons. The van der Waals surface area contributed by atoms with Gasteiger partial charge in [0.1, 0.15) is 12.0 Å². The lowest BCUT2D eigenvalue weighted by Crippen LogP contribution is -2.14. The van der Waals surface area contributed by atoms with Crippen LogP contribution in [0.1, 0.15) is 35.8 Å². The van der Waals surface area contributed by atoms with Gasteiger partial charge in [-0.2, -0.15) is 5.10 Å². The Labute approximate surface area is 182 Å². The van der Waals surface area contributed by atoms with Crippen LogP contribution < -0.4 is 5.32 Å². The minimum absolute atomic E-state index is 0.0873. The maximum atomic E-state index is 13.3. The van der Waals surface area contributed by atoms with Crippen LogP contribution in [0.5, 0.6) is 0 Å². The molecule has 0 aliphatic carbocycles. The first-order valence-corrected chi connectivity index (χ1v) is 10.1. The van der Waals surface area contributed by atoms with Crippen molar-refractivity contribution in [3.63, 3.8) is 0 Å². The van der Waals surface area contributed by atoms with Crippen LogP contribution in [-0.4, -0.2) is 40.9 Å². The molecule has 5 aromatic rings. The standard InChI is InChI=1S/C22H20N8O2/c1-13(2)30-21-17(11-24-30)16(10-18(26-21)20-5-4-8-32-20)22(31)25-15-6-7-19(14(3)9-15)29-12-23-27-28-29/h4-13H,1-3H3,(H,25,31). The summed E-state index contributed by atoms with van der Waals surface area (Å²) in [5, 5.41) is 19.3. The molecule has 0 fully saturated rings. The van der Waals surface area contributed by atoms with E-state index in [2.05, 4.69) is 25.9 Å². The monoisotopic (exact) mass is 428 g/mol. The molecule has 0 bridgehead atoms. The van der Waals surface area contributed by atoms with Crippen LogP contribution >= 0.6 is 0 Å². The average molecular weight is 428 g/mol. The molecule has 4 aromatic heterocycles. The Kier molecular flexibility index (Phi) is 4.74. The van der Waals surface area contributed by atoms with Crippen molar-refractivity contribution in [3.8, 4) is 17.1 Å². The summed E-state index contributed by atoms with van der Waals surface area (Å²) in [5.74, 6) is 0.321. The largest absolute Gasteiger partial charge is 0.463 e. The van der Waals surface area contributed by atoms with Crippen molar-refractivity contribution in [1.82, 2.24) is 35.0 Å². The molecule has 0 aliphatic rings. The van der Waals surface area contributed by atoms with Crippen LogP contribution in [0.3, 0.4) is 0 Å². The third-order valence-electron chi connectivity index (χ3n) is 5.12. The Bertz CT molecular complexity index is 1400. The molecular formula is C22H20N8O2. The Balaban J connectivity index is 1.54. The molecule has 0 aliphatic heterocycles. The first-order valence-electron chi connectivity index (χ1n) is 10.1. The number of fused-ring (bicyclic) bond motifs is 1. The summed E-state index contributed by atoms with van der Waals surface area (Å²) in [7, 11) is 0. The number of pyridine rings is 1. The normalized spacial score (nSPS) is 11.4. The molecule has 0 spiro atoms. The Morgan fingerprint density at radius 3 is 2.75 bits per heavy atom. The van der Waals surface area contributed by atoms with Gasteiger partial charge >= 0.3 is 0 Å². The van der Waals surface area contributed by atoms with Crippen molar-refractivity contribution in [1.29, 1.82) is 0 Å². The molecule has 5 rings (SSSR count). The van der Waals surface area contributed by atoms with Gasteiger partial charge in [-0.15, -0.1) is 5.10 Å². The van der Waals surface area contributed by atoms with E-state index in [1.807, 2.05) is 45.0 Å². The van der Waals surface area contributed by atoms with E-state index >= 15 is 0 Å². The van der Waals surface area contributed by atoms with Gasteiger partial charge in [-0.3, -0.25) is 4.79 Å². The first kappa shape index (κ1) is 19.6. The van der Waals surface area contributed by atoms with Gasteiger partial charge in [0.2, 0.25) is 0 Å². The number of hydrogen-bond donors (Lipinski definition) is 1. The van der Waals surface area contributed by atoms with Crippen LogP contribution in [0.15, 0.2) is 59.6 Å². The Morgan fingerprint density at radius 2 is 2.06 bits per heavy atom. The lowest BCUT2D eigenvalue weighted by Gasteiger charge is -2.11. The molecule has 1 aromatic carbocycles. The number of tetrazole rings is 1. The average Bonchev–Trinajstić information content (AvgIpc) is 3.54. The lowest BCUT2D eigenvalue weighted by atomic mass is 10.1. The highest BCUT2D eigenvalue weighted by Gasteiger charge is 2.20. The zero-order valence-corrected chi connectivity index (χ0v) is 17.7. The molecule has 1 amide bonds. The maximum absolute atomic E-state index is 13.3. The summed E-state index contributed by atoms with van der Waals surface area (Å²) in [6, 6.07) is 11.0. The second-order valence-corrected chi connectivity index (χ2v) is 7.66. The van der Waals surface area contributed by atoms with Gasteiger partial charge in [-0.25, -0.2) is 14.3 Å². The van der Waals surface area contributed by atoms with E-state index < -0.39 is 0 Å². The summed E-state index contributed by atoms with van der Waals surface area (Å²) in [6.07, 6.45) is 4.78. The number of benzene rings is 1. The minimum atomic E-state index is -0.261. The van der Waals surface area contributed by atoms with Gasteiger partial charge in [-0.1, -0.05) is 0 Å². The molecule has 32 heavy (non-hydrogen) atoms. The molecule has 1 N–H and O–H groups in total. The lowest BCUT2D eigenvalue weighted by molar-refractivity contribution is 0.102. The number of anilines is 1. The second-order valence-electron chi connectivity index (χ2n) is 7.66. The summed E-state index contributed by atoms with van der Waals surface area (Å²) in [4.78, 5) is 18.0. The predicted molar refractivity (Wildman–Crippen MR) is 117 cm³/mol. The molecule has 4 heterocycles. The molecule has 0 unspecified atom stereocenters. The second kappa shape index (κ2) is 7.73. The Hall–Kier alpha value is -4.34. The smallest absolute Gasteiger partial charge is 0.256 e. The number of amides is 1. The number of carbonyl (C=O) groups excluding carboxylic acids is 1. The van der Waals surface area contributed by atoms with Crippen LogP contribution in [0.2, 0.25) is 0 Å². The van der Waals surface area contributed by atoms with E-state index in [9.17, 15) is 4.79 Å². The fourth-order valence-electron chi connectivity index (χ4n) is 3.59. The van der Waals surface area contributed by atoms with Crippen LogP contribution in [0.25, 0.3) is 28.2 Å². The highest BCUT2D eigenvalue weighted by Crippen LogP contribution is 2.27. The van der Waals surface area contributed by atoms with E-state index in [4.69, 9.17) is 9.40 Å². The number of nitrogens with zero attached hydrogens (tertiary/aromatic N) is 7. The summed E-state index contributed by atoms with van der Waals surface area (Å²) in [6.45, 7) is 5.96. The molecule has 10 nitrogen and oxygen atoms in total. The quantitative estimate of drug-likeness (QED) is 0.452. The number of carbonyl (C=O) groups is 1. The molecule has 10 heteroatoms. The molecule has 0 saturated carbocycles. The van der Waals surface area contributed by atoms with Crippen molar-refractivity contribution in [2.75, 3.05) is 5.32 Å². The predicted octanol–water partition coefficient (Wildman–Crippen LogP) is 3.81. The van der Waals surface area contributed by atoms with Crippen LogP contribution in [-0.2, 0) is 0 Å². The van der Waals surface area contributed by atoms with Gasteiger partial charge < -0.3 is 9.73 Å². The van der Waals surface area contributed by atoms with E-state index in [1.54, 1.807) is 34.0 Å². The number of furan rings is 1. The third-order valence-corrected chi connectivity index (χ3v) is 5.12. The SMILES string of the molecule is Cc1cc(NC(=O)c2cc(-c3ccco3)nc3c2cnn3C(C)C)ccc1-n1cnnn1. The van der Waals surface area contributed by atoms with Crippen molar-refractivity contribution in [3.05, 3.63) is 66.3 Å². The molecule has 0 radical (unpaired) electrons. The van der Waals surface area contributed by atoms with Gasteiger partial charge in [0.05, 0.1) is 29.1 Å². The summed E-state index contributed by atoms with van der Waals surface area (Å²) in [5.41, 5.74) is 4.07. The maximum Gasteiger partial charge on any atom is 0.256 e. The summed E-state index contributed by atoms with van der Waals surface area (Å²) >= 11 is 0. The number of rotatable bonds is 5. The minimum Gasteiger partial charge on any atom is -0.463 e. The molecule has 0 saturated heterocycles. The van der Waals surface area contributed by atoms with Crippen LogP contribution in [0.4, 0.5) is 5.69 Å². The van der Waals surface area contributed by atoms with E-state index in [0.29, 0.717) is 33.7 Å². The van der Waals surface area contributed by atoms with Crippen molar-refractivity contribution in [2.45, 2.75) is 26.8 Å². The zero-order valence-electron chi connectivity index (χ0n) is 17.7. The van der Waals surface area contributed by atoms with Crippen molar-refractivity contribution < 1.29 is 9.21 Å². The number of aromatic nitrogens is 7. The fourth-order valence-corrected chi connectivity index (χ4v) is 3.59.